The van der Waals surface area contributed by atoms with Crippen LogP contribution in [0.25, 0.3) is 11.2 Å². The number of anilines is 1. The summed E-state index contributed by atoms with van der Waals surface area (Å²) >= 11 is 6.49. The highest BCUT2D eigenvalue weighted by Gasteiger charge is 2.42. The zero-order chi connectivity index (χ0) is 27.8. The van der Waals surface area contributed by atoms with E-state index in [-0.39, 0.29) is 17.7 Å². The van der Waals surface area contributed by atoms with E-state index in [4.69, 9.17) is 11.6 Å². The van der Waals surface area contributed by atoms with Gasteiger partial charge in [-0.2, -0.15) is 0 Å². The second-order valence-electron chi connectivity index (χ2n) is 11.7. The van der Waals surface area contributed by atoms with Crippen LogP contribution in [0.15, 0.2) is 36.5 Å². The van der Waals surface area contributed by atoms with Gasteiger partial charge in [-0.05, 0) is 81.7 Å². The maximum Gasteiger partial charge on any atom is 0.230 e. The molecule has 3 aliphatic heterocycles. The summed E-state index contributed by atoms with van der Waals surface area (Å²) in [6, 6.07) is 11.1. The average molecular weight is 564 g/mol. The van der Waals surface area contributed by atoms with Crippen LogP contribution in [0.4, 0.5) is 5.69 Å². The van der Waals surface area contributed by atoms with E-state index in [0.29, 0.717) is 55.6 Å². The van der Waals surface area contributed by atoms with Gasteiger partial charge in [0.25, 0.3) is 0 Å². The van der Waals surface area contributed by atoms with Crippen LogP contribution in [0.3, 0.4) is 0 Å². The first-order valence-electron chi connectivity index (χ1n) is 14.6. The lowest BCUT2D eigenvalue weighted by Gasteiger charge is -2.39. The Morgan fingerprint density at radius 2 is 1.80 bits per heavy atom. The molecule has 9 nitrogen and oxygen atoms in total. The monoisotopic (exact) mass is 563 g/mol. The standard InChI is InChI=1S/C30H38ClN7O2/c1-20-6-7-25(19-27(20)31)37(30(40)22-10-15-35(16-11-22)21(2)39)14-4-13-36-23-8-9-24(36)18-26(17-23)38-29-28(33-34-38)5-3-12-32-29/h3,5-7,12,19,22-24,26H,4,8-11,13-18H2,1-2H3. The van der Waals surface area contributed by atoms with E-state index in [1.165, 1.54) is 12.8 Å². The highest BCUT2D eigenvalue weighted by atomic mass is 35.5. The van der Waals surface area contributed by atoms with E-state index < -0.39 is 0 Å². The Labute approximate surface area is 240 Å². The Kier molecular flexibility index (Phi) is 7.77. The molecule has 2 amide bonds. The van der Waals surface area contributed by atoms with Crippen molar-refractivity contribution in [2.75, 3.05) is 31.1 Å². The van der Waals surface area contributed by atoms with Gasteiger partial charge in [0.15, 0.2) is 5.65 Å². The quantitative estimate of drug-likeness (QED) is 0.416. The molecule has 3 aromatic rings. The van der Waals surface area contributed by atoms with Gasteiger partial charge in [0.1, 0.15) is 5.52 Å². The van der Waals surface area contributed by atoms with Crippen molar-refractivity contribution in [2.24, 2.45) is 5.92 Å². The van der Waals surface area contributed by atoms with Gasteiger partial charge in [-0.1, -0.05) is 22.9 Å². The van der Waals surface area contributed by atoms with E-state index in [2.05, 4.69) is 20.2 Å². The Morgan fingerprint density at radius 3 is 2.50 bits per heavy atom. The fourth-order valence-corrected chi connectivity index (χ4v) is 7.20. The number of likely N-dealkylation sites (tertiary alicyclic amines) is 1. The molecule has 3 fully saturated rings. The molecule has 0 saturated carbocycles. The molecule has 3 saturated heterocycles. The first kappa shape index (κ1) is 27.1. The molecule has 10 heteroatoms. The van der Waals surface area contributed by atoms with Gasteiger partial charge in [0.05, 0.1) is 6.04 Å². The molecule has 40 heavy (non-hydrogen) atoms. The minimum atomic E-state index is -0.0753. The second kappa shape index (κ2) is 11.4. The third kappa shape index (κ3) is 5.33. The minimum Gasteiger partial charge on any atom is -0.343 e. The number of carbonyl (C=O) groups is 2. The number of carbonyl (C=O) groups excluding carboxylic acids is 2. The number of amides is 2. The van der Waals surface area contributed by atoms with Crippen molar-refractivity contribution < 1.29 is 9.59 Å². The highest BCUT2D eigenvalue weighted by Crippen LogP contribution is 2.41. The van der Waals surface area contributed by atoms with Crippen LogP contribution >= 0.6 is 11.6 Å². The van der Waals surface area contributed by atoms with Gasteiger partial charge in [0, 0.05) is 68.0 Å². The molecule has 2 bridgehead atoms. The fraction of sp³-hybridized carbons (Fsp3) is 0.567. The Hall–Kier alpha value is -3.04. The normalized spacial score (nSPS) is 23.6. The molecular formula is C30H38ClN7O2. The van der Waals surface area contributed by atoms with E-state index in [1.807, 2.05) is 57.9 Å². The lowest BCUT2D eigenvalue weighted by atomic mass is 9.94. The Morgan fingerprint density at radius 1 is 1.05 bits per heavy atom. The largest absolute Gasteiger partial charge is 0.343 e. The van der Waals surface area contributed by atoms with Crippen LogP contribution in [0.1, 0.15) is 63.5 Å². The van der Waals surface area contributed by atoms with Crippen LogP contribution in [-0.4, -0.2) is 79.9 Å². The summed E-state index contributed by atoms with van der Waals surface area (Å²) in [7, 11) is 0. The van der Waals surface area contributed by atoms with E-state index in [9.17, 15) is 9.59 Å². The molecule has 2 unspecified atom stereocenters. The van der Waals surface area contributed by atoms with Crippen LogP contribution in [0, 0.1) is 12.8 Å². The van der Waals surface area contributed by atoms with Crippen molar-refractivity contribution in [2.45, 2.75) is 76.9 Å². The molecule has 0 aliphatic carbocycles. The summed E-state index contributed by atoms with van der Waals surface area (Å²) in [6.07, 6.45) is 8.63. The van der Waals surface area contributed by atoms with Gasteiger partial charge in [-0.15, -0.1) is 5.10 Å². The summed E-state index contributed by atoms with van der Waals surface area (Å²) in [5, 5.41) is 9.47. The van der Waals surface area contributed by atoms with Crippen molar-refractivity contribution in [3.63, 3.8) is 0 Å². The van der Waals surface area contributed by atoms with Crippen molar-refractivity contribution in [3.8, 4) is 0 Å². The van der Waals surface area contributed by atoms with Crippen LogP contribution in [-0.2, 0) is 9.59 Å². The maximum atomic E-state index is 13.8. The van der Waals surface area contributed by atoms with Crippen LogP contribution < -0.4 is 4.90 Å². The van der Waals surface area contributed by atoms with Gasteiger partial charge in [-0.25, -0.2) is 9.67 Å². The number of piperidine rings is 2. The van der Waals surface area contributed by atoms with Gasteiger partial charge in [0.2, 0.25) is 11.8 Å². The number of aromatic nitrogens is 4. The molecule has 0 N–H and O–H groups in total. The molecule has 6 rings (SSSR count). The molecule has 0 radical (unpaired) electrons. The summed E-state index contributed by atoms with van der Waals surface area (Å²) < 4.78 is 2.04. The predicted molar refractivity (Wildman–Crippen MR) is 155 cm³/mol. The summed E-state index contributed by atoms with van der Waals surface area (Å²) in [4.78, 5) is 36.6. The Bertz CT molecular complexity index is 1370. The Balaban J connectivity index is 1.11. The van der Waals surface area contributed by atoms with E-state index in [1.54, 1.807) is 6.92 Å². The third-order valence-electron chi connectivity index (χ3n) is 9.26. The molecule has 1 aromatic carbocycles. The van der Waals surface area contributed by atoms with Crippen molar-refractivity contribution in [3.05, 3.63) is 47.1 Å². The molecule has 5 heterocycles. The number of fused-ring (bicyclic) bond motifs is 3. The smallest absolute Gasteiger partial charge is 0.230 e. The second-order valence-corrected chi connectivity index (χ2v) is 12.1. The third-order valence-corrected chi connectivity index (χ3v) is 9.67. The molecule has 0 spiro atoms. The summed E-state index contributed by atoms with van der Waals surface area (Å²) in [6.45, 7) is 6.48. The van der Waals surface area contributed by atoms with Crippen LogP contribution in [0.5, 0.6) is 0 Å². The highest BCUT2D eigenvalue weighted by molar-refractivity contribution is 6.31. The molecule has 2 atom stereocenters. The SMILES string of the molecule is CC(=O)N1CCC(C(=O)N(CCCN2C3CCC2CC(n2nnc4cccnc42)C3)c2ccc(C)c(Cl)c2)CC1. The van der Waals surface area contributed by atoms with Gasteiger partial charge < -0.3 is 9.80 Å². The fourth-order valence-electron chi connectivity index (χ4n) is 7.03. The first-order chi connectivity index (χ1) is 19.4. The maximum absolute atomic E-state index is 13.8. The van der Waals surface area contributed by atoms with E-state index >= 15 is 0 Å². The first-order valence-corrected chi connectivity index (χ1v) is 15.0. The number of halogens is 1. The lowest BCUT2D eigenvalue weighted by molar-refractivity contribution is -0.133. The molecule has 2 aromatic heterocycles. The van der Waals surface area contributed by atoms with Crippen molar-refractivity contribution in [1.29, 1.82) is 0 Å². The number of aryl methyl sites for hydroxylation is 1. The van der Waals surface area contributed by atoms with Gasteiger partial charge >= 0.3 is 0 Å². The number of pyridine rings is 1. The summed E-state index contributed by atoms with van der Waals surface area (Å²) in [5.41, 5.74) is 3.59. The zero-order valence-corrected chi connectivity index (χ0v) is 24.1. The van der Waals surface area contributed by atoms with Crippen LogP contribution in [0.2, 0.25) is 5.02 Å². The minimum absolute atomic E-state index is 0.0753. The number of hydrogen-bond acceptors (Lipinski definition) is 6. The summed E-state index contributed by atoms with van der Waals surface area (Å²) in [5.74, 6) is 0.156. The lowest BCUT2D eigenvalue weighted by Crippen LogP contribution is -2.46. The van der Waals surface area contributed by atoms with Gasteiger partial charge in [-0.3, -0.25) is 14.5 Å². The number of rotatable bonds is 7. The topological polar surface area (TPSA) is 87.5 Å². The average Bonchev–Trinajstić information content (AvgIpc) is 3.49. The number of nitrogens with zero attached hydrogens (tertiary/aromatic N) is 7. The molecular weight excluding hydrogens is 526 g/mol. The number of benzene rings is 1. The van der Waals surface area contributed by atoms with Crippen molar-refractivity contribution >= 4 is 40.3 Å². The molecule has 3 aliphatic rings. The molecule has 212 valence electrons. The van der Waals surface area contributed by atoms with Crippen molar-refractivity contribution in [1.82, 2.24) is 29.8 Å². The van der Waals surface area contributed by atoms with E-state index in [0.717, 1.165) is 48.2 Å². The predicted octanol–water partition coefficient (Wildman–Crippen LogP) is 4.64. The number of hydrogen-bond donors (Lipinski definition) is 0. The zero-order valence-electron chi connectivity index (χ0n) is 23.4.